The van der Waals surface area contributed by atoms with Gasteiger partial charge in [0.2, 0.25) is 11.9 Å². The second-order valence-corrected chi connectivity index (χ2v) is 9.38. The molecule has 2 N–H and O–H groups in total. The van der Waals surface area contributed by atoms with E-state index >= 15 is 0 Å². The largest absolute Gasteiger partial charge is 0.573 e. The Morgan fingerprint density at radius 2 is 1.75 bits per heavy atom. The average Bonchev–Trinajstić information content (AvgIpc) is 2.80. The number of rotatable bonds is 7. The summed E-state index contributed by atoms with van der Waals surface area (Å²) in [5.74, 6) is 0.754. The smallest absolute Gasteiger partial charge is 0.405 e. The van der Waals surface area contributed by atoms with E-state index in [1.54, 1.807) is 13.0 Å². The highest BCUT2D eigenvalue weighted by atomic mass is 19.4. The van der Waals surface area contributed by atoms with Gasteiger partial charge in [0, 0.05) is 37.1 Å². The van der Waals surface area contributed by atoms with Crippen LogP contribution in [0.5, 0.6) is 5.75 Å². The van der Waals surface area contributed by atoms with Crippen LogP contribution < -0.4 is 20.3 Å². The lowest BCUT2D eigenvalue weighted by Crippen LogP contribution is -2.41. The predicted octanol–water partition coefficient (Wildman–Crippen LogP) is 4.98. The summed E-state index contributed by atoms with van der Waals surface area (Å²) in [6.07, 6.45) is -1.87. The maximum absolute atomic E-state index is 12.8. The van der Waals surface area contributed by atoms with Gasteiger partial charge in [0.1, 0.15) is 11.6 Å². The predicted molar refractivity (Wildman–Crippen MR) is 133 cm³/mol. The van der Waals surface area contributed by atoms with Gasteiger partial charge >= 0.3 is 6.36 Å². The van der Waals surface area contributed by atoms with E-state index in [0.29, 0.717) is 11.5 Å². The number of aromatic nitrogens is 2. The van der Waals surface area contributed by atoms with E-state index in [4.69, 9.17) is 4.98 Å². The summed E-state index contributed by atoms with van der Waals surface area (Å²) in [5, 5.41) is 7.38. The van der Waals surface area contributed by atoms with Crippen LogP contribution in [0.4, 0.5) is 24.9 Å². The molecule has 1 saturated carbocycles. The summed E-state index contributed by atoms with van der Waals surface area (Å²) >= 11 is 0. The van der Waals surface area contributed by atoms with Gasteiger partial charge in [-0.05, 0) is 56.4 Å². The molecule has 0 radical (unpaired) electrons. The first-order valence-electron chi connectivity index (χ1n) is 11.9. The summed E-state index contributed by atoms with van der Waals surface area (Å²) in [7, 11) is 3.89. The minimum atomic E-state index is -4.81. The molecule has 1 amide bonds. The third kappa shape index (κ3) is 6.56. The van der Waals surface area contributed by atoms with Gasteiger partial charge in [-0.1, -0.05) is 24.3 Å². The van der Waals surface area contributed by atoms with Crippen molar-refractivity contribution in [3.05, 3.63) is 53.6 Å². The Balaban J connectivity index is 1.33. The van der Waals surface area contributed by atoms with Crippen molar-refractivity contribution in [2.75, 3.05) is 24.3 Å². The number of halogens is 3. The average molecular weight is 502 g/mol. The Bertz CT molecular complexity index is 1220. The van der Waals surface area contributed by atoms with Crippen molar-refractivity contribution < 1.29 is 22.7 Å². The molecule has 0 unspecified atom stereocenters. The maximum Gasteiger partial charge on any atom is 0.573 e. The Hall–Kier alpha value is -3.56. The molecule has 0 bridgehead atoms. The number of para-hydroxylation sites is 1. The van der Waals surface area contributed by atoms with Crippen LogP contribution in [0.15, 0.2) is 42.5 Å². The van der Waals surface area contributed by atoms with Crippen molar-refractivity contribution in [2.24, 2.45) is 0 Å². The van der Waals surface area contributed by atoms with E-state index in [0.717, 1.165) is 42.4 Å². The Labute approximate surface area is 208 Å². The van der Waals surface area contributed by atoms with Crippen LogP contribution in [0.1, 0.15) is 36.8 Å². The SMILES string of the molecule is Cc1ccc(CC(=O)NC2CCC(Nc3nc(N(C)C)c4ccccc4n3)CC2)c(OC(F)(F)F)c1. The summed E-state index contributed by atoms with van der Waals surface area (Å²) in [6.45, 7) is 1.67. The quantitative estimate of drug-likeness (QED) is 0.475. The molecule has 0 atom stereocenters. The number of nitrogens with one attached hydrogen (secondary N) is 2. The van der Waals surface area contributed by atoms with Crippen molar-refractivity contribution >= 4 is 28.6 Å². The van der Waals surface area contributed by atoms with Gasteiger partial charge in [0.25, 0.3) is 0 Å². The number of hydrogen-bond acceptors (Lipinski definition) is 6. The van der Waals surface area contributed by atoms with Gasteiger partial charge in [0.15, 0.2) is 0 Å². The molecule has 1 fully saturated rings. The molecule has 0 saturated heterocycles. The van der Waals surface area contributed by atoms with Crippen LogP contribution in [0.2, 0.25) is 0 Å². The number of fused-ring (bicyclic) bond motifs is 1. The van der Waals surface area contributed by atoms with E-state index in [1.807, 2.05) is 43.3 Å². The number of aryl methyl sites for hydroxylation is 1. The molecule has 192 valence electrons. The fourth-order valence-corrected chi connectivity index (χ4v) is 4.51. The number of anilines is 2. The topological polar surface area (TPSA) is 79.4 Å². The number of carbonyl (C=O) groups is 1. The van der Waals surface area contributed by atoms with Crippen LogP contribution >= 0.6 is 0 Å². The summed E-state index contributed by atoms with van der Waals surface area (Å²) in [5.41, 5.74) is 1.69. The molecule has 0 spiro atoms. The van der Waals surface area contributed by atoms with Gasteiger partial charge in [-0.3, -0.25) is 4.79 Å². The van der Waals surface area contributed by atoms with E-state index < -0.39 is 6.36 Å². The monoisotopic (exact) mass is 501 g/mol. The molecule has 10 heteroatoms. The van der Waals surface area contributed by atoms with Crippen LogP contribution in [0, 0.1) is 6.92 Å². The van der Waals surface area contributed by atoms with Crippen LogP contribution in [0.25, 0.3) is 10.9 Å². The molecule has 4 rings (SSSR count). The Morgan fingerprint density at radius 3 is 2.44 bits per heavy atom. The number of carbonyl (C=O) groups excluding carboxylic acids is 1. The molecule has 3 aromatic rings. The molecule has 7 nitrogen and oxygen atoms in total. The highest BCUT2D eigenvalue weighted by Crippen LogP contribution is 2.29. The molecule has 1 heterocycles. The number of nitrogens with zero attached hydrogens (tertiary/aromatic N) is 3. The fraction of sp³-hybridized carbons (Fsp3) is 0.423. The maximum atomic E-state index is 12.8. The summed E-state index contributed by atoms with van der Waals surface area (Å²) < 4.78 is 42.4. The zero-order valence-electron chi connectivity index (χ0n) is 20.5. The molecule has 1 aromatic heterocycles. The molecule has 36 heavy (non-hydrogen) atoms. The molecule has 0 aliphatic heterocycles. The lowest BCUT2D eigenvalue weighted by molar-refractivity contribution is -0.274. The van der Waals surface area contributed by atoms with Gasteiger partial charge in [0.05, 0.1) is 11.9 Å². The van der Waals surface area contributed by atoms with Gasteiger partial charge in [-0.2, -0.15) is 4.98 Å². The third-order valence-corrected chi connectivity index (χ3v) is 6.23. The first kappa shape index (κ1) is 25.5. The Kier molecular flexibility index (Phi) is 7.51. The van der Waals surface area contributed by atoms with Crippen LogP contribution in [0.3, 0.4) is 0 Å². The van der Waals surface area contributed by atoms with Crippen molar-refractivity contribution in [1.29, 1.82) is 0 Å². The van der Waals surface area contributed by atoms with E-state index in [2.05, 4.69) is 20.4 Å². The zero-order valence-corrected chi connectivity index (χ0v) is 20.5. The first-order valence-corrected chi connectivity index (χ1v) is 11.9. The lowest BCUT2D eigenvalue weighted by Gasteiger charge is -2.30. The van der Waals surface area contributed by atoms with E-state index in [1.165, 1.54) is 12.1 Å². The Morgan fingerprint density at radius 1 is 1.06 bits per heavy atom. The summed E-state index contributed by atoms with van der Waals surface area (Å²) in [4.78, 5) is 23.9. The van der Waals surface area contributed by atoms with Crippen molar-refractivity contribution in [3.63, 3.8) is 0 Å². The minimum Gasteiger partial charge on any atom is -0.405 e. The molecule has 2 aromatic carbocycles. The number of amides is 1. The highest BCUT2D eigenvalue weighted by molar-refractivity contribution is 5.90. The van der Waals surface area contributed by atoms with Gasteiger partial charge < -0.3 is 20.3 Å². The number of alkyl halides is 3. The molecule has 1 aliphatic carbocycles. The zero-order chi connectivity index (χ0) is 25.9. The molecular formula is C26H30F3N5O2. The minimum absolute atomic E-state index is 0.0390. The number of hydrogen-bond donors (Lipinski definition) is 2. The number of benzene rings is 2. The summed E-state index contributed by atoms with van der Waals surface area (Å²) in [6, 6.07) is 12.5. The van der Waals surface area contributed by atoms with Crippen LogP contribution in [-0.4, -0.2) is 48.4 Å². The lowest BCUT2D eigenvalue weighted by atomic mass is 9.91. The highest BCUT2D eigenvalue weighted by Gasteiger charge is 2.32. The molecule has 1 aliphatic rings. The van der Waals surface area contributed by atoms with Gasteiger partial charge in [-0.25, -0.2) is 4.98 Å². The first-order chi connectivity index (χ1) is 17.1. The van der Waals surface area contributed by atoms with Crippen molar-refractivity contribution in [3.8, 4) is 5.75 Å². The second kappa shape index (κ2) is 10.6. The third-order valence-electron chi connectivity index (χ3n) is 6.23. The second-order valence-electron chi connectivity index (χ2n) is 9.38. The number of ether oxygens (including phenoxy) is 1. The normalized spacial score (nSPS) is 18.1. The van der Waals surface area contributed by atoms with E-state index in [-0.39, 0.29) is 35.7 Å². The molecular weight excluding hydrogens is 471 g/mol. The fourth-order valence-electron chi connectivity index (χ4n) is 4.51. The van der Waals surface area contributed by atoms with Crippen LogP contribution in [-0.2, 0) is 11.2 Å². The van der Waals surface area contributed by atoms with E-state index in [9.17, 15) is 18.0 Å². The van der Waals surface area contributed by atoms with Crippen molar-refractivity contribution in [1.82, 2.24) is 15.3 Å². The van der Waals surface area contributed by atoms with Crippen molar-refractivity contribution in [2.45, 2.75) is 57.5 Å². The standard InChI is InChI=1S/C26H30F3N5O2/c1-16-8-9-17(22(14-16)36-26(27,28)29)15-23(35)30-18-10-12-19(13-11-18)31-25-32-21-7-5-4-6-20(21)24(33-25)34(2)3/h4-9,14,18-19H,10-13,15H2,1-3H3,(H,30,35)(H,31,32,33). The van der Waals surface area contributed by atoms with Gasteiger partial charge in [-0.15, -0.1) is 13.2 Å².